The van der Waals surface area contributed by atoms with Gasteiger partial charge in [0, 0.05) is 13.0 Å². The first-order chi connectivity index (χ1) is 5.10. The van der Waals surface area contributed by atoms with Crippen molar-refractivity contribution in [2.45, 2.75) is 12.0 Å². The van der Waals surface area contributed by atoms with Gasteiger partial charge in [-0.1, -0.05) is 5.92 Å². The third-order valence-electron chi connectivity index (χ3n) is 1.24. The molecule has 0 amide bonds. The Labute approximate surface area is 64.8 Å². The Kier molecular flexibility index (Phi) is 3.58. The van der Waals surface area contributed by atoms with Gasteiger partial charge in [0.25, 0.3) is 0 Å². The van der Waals surface area contributed by atoms with Gasteiger partial charge >= 0.3 is 5.97 Å². The first-order valence-electron chi connectivity index (χ1n) is 3.00. The maximum Gasteiger partial charge on any atom is 0.350 e. The molecule has 0 fully saturated rings. The number of terminal acetylenes is 1. The molecular weight excluding hydrogens is 148 g/mol. The van der Waals surface area contributed by atoms with Gasteiger partial charge < -0.3 is 14.9 Å². The minimum absolute atomic E-state index is 0.212. The Balaban J connectivity index is 4.36. The molecule has 0 rings (SSSR count). The van der Waals surface area contributed by atoms with Crippen molar-refractivity contribution in [1.29, 1.82) is 0 Å². The molecule has 4 heteroatoms. The second-order valence-electron chi connectivity index (χ2n) is 1.97. The summed E-state index contributed by atoms with van der Waals surface area (Å²) in [6, 6.07) is 0. The average Bonchev–Trinajstić information content (AvgIpc) is 2.03. The lowest BCUT2D eigenvalue weighted by molar-refractivity contribution is -0.157. The number of aliphatic hydroxyl groups is 2. The fraction of sp³-hybridized carbons (Fsp3) is 0.571. The van der Waals surface area contributed by atoms with Crippen LogP contribution < -0.4 is 0 Å². The van der Waals surface area contributed by atoms with E-state index in [-0.39, 0.29) is 13.0 Å². The van der Waals surface area contributed by atoms with Gasteiger partial charge in [-0.15, -0.1) is 6.42 Å². The first kappa shape index (κ1) is 9.95. The lowest BCUT2D eigenvalue weighted by atomic mass is 10.0. The van der Waals surface area contributed by atoms with Gasteiger partial charge in [0.05, 0.1) is 7.11 Å². The molecule has 0 aliphatic carbocycles. The Hall–Kier alpha value is -1.05. The fourth-order valence-corrected chi connectivity index (χ4v) is 0.564. The van der Waals surface area contributed by atoms with Crippen LogP contribution in [0.25, 0.3) is 0 Å². The number of carbonyl (C=O) groups is 1. The third kappa shape index (κ3) is 2.22. The second-order valence-corrected chi connectivity index (χ2v) is 1.97. The highest BCUT2D eigenvalue weighted by atomic mass is 16.5. The van der Waals surface area contributed by atoms with Crippen LogP contribution in [-0.4, -0.2) is 35.5 Å². The largest absolute Gasteiger partial charge is 0.466 e. The van der Waals surface area contributed by atoms with E-state index < -0.39 is 11.6 Å². The molecular formula is C7H10O4. The van der Waals surface area contributed by atoms with Crippen LogP contribution in [0.3, 0.4) is 0 Å². The summed E-state index contributed by atoms with van der Waals surface area (Å²) in [4.78, 5) is 10.7. The van der Waals surface area contributed by atoms with Crippen molar-refractivity contribution >= 4 is 5.97 Å². The van der Waals surface area contributed by atoms with Crippen LogP contribution in [0.2, 0.25) is 0 Å². The van der Waals surface area contributed by atoms with Crippen LogP contribution in [0, 0.1) is 12.3 Å². The van der Waals surface area contributed by atoms with E-state index in [1.165, 1.54) is 0 Å². The van der Waals surface area contributed by atoms with Crippen molar-refractivity contribution in [3.05, 3.63) is 0 Å². The molecule has 0 saturated carbocycles. The number of rotatable bonds is 3. The van der Waals surface area contributed by atoms with Gasteiger partial charge in [0.1, 0.15) is 0 Å². The molecule has 0 saturated heterocycles. The lowest BCUT2D eigenvalue weighted by Crippen LogP contribution is -2.38. The number of ether oxygens (including phenoxy) is 1. The van der Waals surface area contributed by atoms with E-state index in [0.29, 0.717) is 0 Å². The zero-order valence-corrected chi connectivity index (χ0v) is 6.20. The Bertz CT molecular complexity index is 181. The summed E-state index contributed by atoms with van der Waals surface area (Å²) in [5.41, 5.74) is -1.98. The number of hydrogen-bond donors (Lipinski definition) is 2. The number of carbonyl (C=O) groups excluding carboxylic acids is 1. The quantitative estimate of drug-likeness (QED) is 0.404. The van der Waals surface area contributed by atoms with E-state index in [1.54, 1.807) is 0 Å². The summed E-state index contributed by atoms with van der Waals surface area (Å²) in [5.74, 6) is 0.929. The van der Waals surface area contributed by atoms with Gasteiger partial charge in [0.2, 0.25) is 5.60 Å². The van der Waals surface area contributed by atoms with Crippen LogP contribution >= 0.6 is 0 Å². The topological polar surface area (TPSA) is 66.8 Å². The number of methoxy groups -OCH3 is 1. The van der Waals surface area contributed by atoms with E-state index in [0.717, 1.165) is 7.11 Å². The van der Waals surface area contributed by atoms with Crippen LogP contribution in [-0.2, 0) is 9.53 Å². The zero-order valence-electron chi connectivity index (χ0n) is 6.20. The fourth-order valence-electron chi connectivity index (χ4n) is 0.564. The van der Waals surface area contributed by atoms with Gasteiger partial charge in [-0.05, 0) is 0 Å². The maximum atomic E-state index is 10.7. The molecule has 1 unspecified atom stereocenters. The summed E-state index contributed by atoms with van der Waals surface area (Å²) in [5, 5.41) is 17.6. The molecule has 0 aliphatic rings. The molecule has 0 aliphatic heterocycles. The molecule has 0 spiro atoms. The minimum Gasteiger partial charge on any atom is -0.466 e. The van der Waals surface area contributed by atoms with Crippen molar-refractivity contribution < 1.29 is 19.7 Å². The molecule has 2 N–H and O–H groups in total. The van der Waals surface area contributed by atoms with Gasteiger partial charge in [-0.25, -0.2) is 4.79 Å². The number of hydrogen-bond acceptors (Lipinski definition) is 4. The highest BCUT2D eigenvalue weighted by Crippen LogP contribution is 2.09. The molecule has 0 radical (unpaired) electrons. The van der Waals surface area contributed by atoms with Crippen molar-refractivity contribution in [2.75, 3.05) is 13.7 Å². The Morgan fingerprint density at radius 2 is 2.36 bits per heavy atom. The summed E-state index contributed by atoms with van der Waals surface area (Å²) in [6.07, 6.45) is 4.65. The molecule has 0 aromatic rings. The molecule has 0 heterocycles. The maximum absolute atomic E-state index is 10.7. The van der Waals surface area contributed by atoms with Gasteiger partial charge in [-0.3, -0.25) is 0 Å². The zero-order chi connectivity index (χ0) is 8.91. The van der Waals surface area contributed by atoms with Crippen molar-refractivity contribution in [3.8, 4) is 12.3 Å². The highest BCUT2D eigenvalue weighted by Gasteiger charge is 2.34. The third-order valence-corrected chi connectivity index (χ3v) is 1.24. The summed E-state index contributed by atoms with van der Waals surface area (Å²) in [6.45, 7) is -0.365. The van der Waals surface area contributed by atoms with Crippen LogP contribution in [0.5, 0.6) is 0 Å². The highest BCUT2D eigenvalue weighted by molar-refractivity contribution is 5.82. The Morgan fingerprint density at radius 1 is 1.82 bits per heavy atom. The van der Waals surface area contributed by atoms with Crippen LogP contribution in [0.1, 0.15) is 6.42 Å². The normalized spacial score (nSPS) is 14.7. The molecule has 0 bridgehead atoms. The van der Waals surface area contributed by atoms with E-state index in [9.17, 15) is 9.90 Å². The van der Waals surface area contributed by atoms with E-state index in [2.05, 4.69) is 4.74 Å². The van der Waals surface area contributed by atoms with Crippen molar-refractivity contribution in [3.63, 3.8) is 0 Å². The molecule has 1 atom stereocenters. The van der Waals surface area contributed by atoms with E-state index >= 15 is 0 Å². The predicted molar refractivity (Wildman–Crippen MR) is 37.5 cm³/mol. The predicted octanol–water partition coefficient (Wildman–Crippen LogP) is -1.09. The molecule has 0 aromatic heterocycles. The first-order valence-corrected chi connectivity index (χ1v) is 3.00. The summed E-state index contributed by atoms with van der Waals surface area (Å²) < 4.78 is 4.22. The summed E-state index contributed by atoms with van der Waals surface area (Å²) in [7, 11) is 1.11. The smallest absolute Gasteiger partial charge is 0.350 e. The number of esters is 1. The van der Waals surface area contributed by atoms with Gasteiger partial charge in [0.15, 0.2) is 0 Å². The molecule has 4 nitrogen and oxygen atoms in total. The number of aliphatic hydroxyl groups excluding tert-OH is 1. The molecule has 0 aromatic carbocycles. The lowest BCUT2D eigenvalue weighted by Gasteiger charge is -2.16. The average molecular weight is 158 g/mol. The summed E-state index contributed by atoms with van der Waals surface area (Å²) >= 11 is 0. The second kappa shape index (κ2) is 3.96. The minimum atomic E-state index is -1.98. The van der Waals surface area contributed by atoms with Crippen LogP contribution in [0.15, 0.2) is 0 Å². The van der Waals surface area contributed by atoms with E-state index in [4.69, 9.17) is 11.5 Å². The molecule has 62 valence electrons. The van der Waals surface area contributed by atoms with Crippen molar-refractivity contribution in [2.24, 2.45) is 0 Å². The SMILES string of the molecule is C#CC(O)(CCO)C(=O)OC. The standard InChI is InChI=1S/C7H10O4/c1-3-7(10,4-5-8)6(9)11-2/h1,8,10H,4-5H2,2H3. The van der Waals surface area contributed by atoms with E-state index in [1.807, 2.05) is 5.92 Å². The van der Waals surface area contributed by atoms with Crippen LogP contribution in [0.4, 0.5) is 0 Å². The van der Waals surface area contributed by atoms with Gasteiger partial charge in [-0.2, -0.15) is 0 Å². The molecule has 11 heavy (non-hydrogen) atoms. The monoisotopic (exact) mass is 158 g/mol. The Morgan fingerprint density at radius 3 is 2.64 bits per heavy atom. The van der Waals surface area contributed by atoms with Crippen molar-refractivity contribution in [1.82, 2.24) is 0 Å².